The molecule has 0 saturated heterocycles. The van der Waals surface area contributed by atoms with Crippen molar-refractivity contribution in [3.05, 3.63) is 0 Å². The summed E-state index contributed by atoms with van der Waals surface area (Å²) >= 11 is 0. The van der Waals surface area contributed by atoms with Crippen LogP contribution in [0.25, 0.3) is 0 Å². The van der Waals surface area contributed by atoms with Crippen LogP contribution in [0.5, 0.6) is 0 Å². The molecule has 0 spiro atoms. The van der Waals surface area contributed by atoms with E-state index in [1.807, 2.05) is 7.05 Å². The molecule has 2 nitrogen and oxygen atoms in total. The first kappa shape index (κ1) is 7.58. The Bertz CT molecular complexity index is 159. The van der Waals surface area contributed by atoms with Gasteiger partial charge in [0.15, 0.2) is 0 Å². The third-order valence-electron chi connectivity index (χ3n) is 2.21. The van der Waals surface area contributed by atoms with Crippen LogP contribution in [-0.4, -0.2) is 23.3 Å². The van der Waals surface area contributed by atoms with E-state index in [-0.39, 0.29) is 5.54 Å². The average Bonchev–Trinajstić information content (AvgIpc) is 2.08. The van der Waals surface area contributed by atoms with Gasteiger partial charge in [0.25, 0.3) is 0 Å². The van der Waals surface area contributed by atoms with E-state index in [1.54, 1.807) is 0 Å². The SMILES string of the molecule is CCC1=NN(C)C(C)(C)C1. The summed E-state index contributed by atoms with van der Waals surface area (Å²) in [7, 11) is 2.04. The molecule has 0 aromatic heterocycles. The molecule has 2 heteroatoms. The Labute approximate surface area is 62.9 Å². The van der Waals surface area contributed by atoms with E-state index in [4.69, 9.17) is 0 Å². The third kappa shape index (κ3) is 1.15. The van der Waals surface area contributed by atoms with Gasteiger partial charge in [-0.3, -0.25) is 5.01 Å². The fourth-order valence-corrected chi connectivity index (χ4v) is 1.19. The summed E-state index contributed by atoms with van der Waals surface area (Å²) in [6.07, 6.45) is 2.22. The van der Waals surface area contributed by atoms with Gasteiger partial charge in [-0.25, -0.2) is 0 Å². The van der Waals surface area contributed by atoms with Crippen LogP contribution >= 0.6 is 0 Å². The second kappa shape index (κ2) is 2.26. The van der Waals surface area contributed by atoms with Crippen molar-refractivity contribution in [2.75, 3.05) is 7.05 Å². The molecule has 0 saturated carbocycles. The second-order valence-electron chi connectivity index (χ2n) is 3.53. The maximum absolute atomic E-state index is 4.41. The molecule has 1 rings (SSSR count). The molecule has 0 bridgehead atoms. The van der Waals surface area contributed by atoms with Gasteiger partial charge in [0.05, 0.1) is 5.54 Å². The number of hydrogen-bond acceptors (Lipinski definition) is 2. The van der Waals surface area contributed by atoms with Crippen LogP contribution < -0.4 is 0 Å². The molecule has 1 aliphatic rings. The fourth-order valence-electron chi connectivity index (χ4n) is 1.19. The van der Waals surface area contributed by atoms with Crippen LogP contribution in [0.3, 0.4) is 0 Å². The summed E-state index contributed by atoms with van der Waals surface area (Å²) in [6, 6.07) is 0. The lowest BCUT2D eigenvalue weighted by molar-refractivity contribution is 0.194. The molecule has 1 aliphatic heterocycles. The first-order valence-corrected chi connectivity index (χ1v) is 3.86. The Kier molecular flexibility index (Phi) is 1.71. The molecule has 58 valence electrons. The van der Waals surface area contributed by atoms with Gasteiger partial charge in [0.2, 0.25) is 0 Å². The molecule has 0 N–H and O–H groups in total. The van der Waals surface area contributed by atoms with Gasteiger partial charge in [-0.1, -0.05) is 6.92 Å². The van der Waals surface area contributed by atoms with Crippen molar-refractivity contribution < 1.29 is 0 Å². The normalized spacial score (nSPS) is 23.2. The lowest BCUT2D eigenvalue weighted by Crippen LogP contribution is -2.32. The molecule has 0 aliphatic carbocycles. The molecule has 10 heavy (non-hydrogen) atoms. The van der Waals surface area contributed by atoms with Crippen LogP contribution in [0.4, 0.5) is 0 Å². The van der Waals surface area contributed by atoms with E-state index in [0.29, 0.717) is 0 Å². The van der Waals surface area contributed by atoms with Gasteiger partial charge in [-0.05, 0) is 20.3 Å². The van der Waals surface area contributed by atoms with Crippen molar-refractivity contribution in [1.29, 1.82) is 0 Å². The van der Waals surface area contributed by atoms with Crippen molar-refractivity contribution in [3.63, 3.8) is 0 Å². The number of rotatable bonds is 1. The predicted molar refractivity (Wildman–Crippen MR) is 44.2 cm³/mol. The van der Waals surface area contributed by atoms with Crippen molar-refractivity contribution >= 4 is 5.71 Å². The zero-order valence-electron chi connectivity index (χ0n) is 7.31. The van der Waals surface area contributed by atoms with Crippen LogP contribution in [0.2, 0.25) is 0 Å². The van der Waals surface area contributed by atoms with Crippen LogP contribution in [0, 0.1) is 0 Å². The number of nitrogens with zero attached hydrogens (tertiary/aromatic N) is 2. The Morgan fingerprint density at radius 2 is 2.20 bits per heavy atom. The van der Waals surface area contributed by atoms with Crippen LogP contribution in [0.1, 0.15) is 33.6 Å². The van der Waals surface area contributed by atoms with Crippen molar-refractivity contribution in [1.82, 2.24) is 5.01 Å². The molecule has 0 aromatic rings. The Morgan fingerprint density at radius 3 is 2.40 bits per heavy atom. The van der Waals surface area contributed by atoms with Crippen molar-refractivity contribution in [2.45, 2.75) is 39.2 Å². The summed E-state index contributed by atoms with van der Waals surface area (Å²) in [4.78, 5) is 0. The zero-order chi connectivity index (χ0) is 7.78. The summed E-state index contributed by atoms with van der Waals surface area (Å²) in [5.41, 5.74) is 1.58. The topological polar surface area (TPSA) is 15.6 Å². The molecular weight excluding hydrogens is 124 g/mol. The molecular formula is C8H16N2. The van der Waals surface area contributed by atoms with E-state index in [0.717, 1.165) is 12.8 Å². The minimum atomic E-state index is 0.255. The highest BCUT2D eigenvalue weighted by atomic mass is 15.5. The van der Waals surface area contributed by atoms with E-state index in [1.165, 1.54) is 5.71 Å². The largest absolute Gasteiger partial charge is 0.294 e. The summed E-state index contributed by atoms with van der Waals surface area (Å²) in [5, 5.41) is 6.47. The number of hydrazone groups is 1. The van der Waals surface area contributed by atoms with E-state index >= 15 is 0 Å². The highest BCUT2D eigenvalue weighted by molar-refractivity contribution is 5.86. The predicted octanol–water partition coefficient (Wildman–Crippen LogP) is 1.87. The highest BCUT2D eigenvalue weighted by Gasteiger charge is 2.29. The standard InChI is InChI=1S/C8H16N2/c1-5-7-6-8(2,3)10(4)9-7/h5-6H2,1-4H3. The second-order valence-corrected chi connectivity index (χ2v) is 3.53. The zero-order valence-corrected chi connectivity index (χ0v) is 7.31. The summed E-state index contributed by atoms with van der Waals surface area (Å²) in [5.74, 6) is 0. The summed E-state index contributed by atoms with van der Waals surface area (Å²) in [6.45, 7) is 6.60. The van der Waals surface area contributed by atoms with Gasteiger partial charge >= 0.3 is 0 Å². The molecule has 0 amide bonds. The lowest BCUT2D eigenvalue weighted by atomic mass is 9.98. The van der Waals surface area contributed by atoms with E-state index < -0.39 is 0 Å². The molecule has 0 fully saturated rings. The fraction of sp³-hybridized carbons (Fsp3) is 0.875. The first-order valence-electron chi connectivity index (χ1n) is 3.86. The Morgan fingerprint density at radius 1 is 1.60 bits per heavy atom. The van der Waals surface area contributed by atoms with Gasteiger partial charge in [0, 0.05) is 19.2 Å². The van der Waals surface area contributed by atoms with E-state index in [9.17, 15) is 0 Å². The Hall–Kier alpha value is -0.530. The third-order valence-corrected chi connectivity index (χ3v) is 2.21. The molecule has 0 atom stereocenters. The molecule has 1 heterocycles. The smallest absolute Gasteiger partial charge is 0.0572 e. The van der Waals surface area contributed by atoms with Gasteiger partial charge in [0.1, 0.15) is 0 Å². The first-order chi connectivity index (χ1) is 4.56. The molecule has 0 aromatic carbocycles. The summed E-state index contributed by atoms with van der Waals surface area (Å²) < 4.78 is 0. The monoisotopic (exact) mass is 140 g/mol. The van der Waals surface area contributed by atoms with E-state index in [2.05, 4.69) is 30.9 Å². The van der Waals surface area contributed by atoms with Crippen molar-refractivity contribution in [3.8, 4) is 0 Å². The van der Waals surface area contributed by atoms with Crippen LogP contribution in [0.15, 0.2) is 5.10 Å². The van der Waals surface area contributed by atoms with Gasteiger partial charge < -0.3 is 0 Å². The Balaban J connectivity index is 2.66. The van der Waals surface area contributed by atoms with Gasteiger partial charge in [-0.2, -0.15) is 5.10 Å². The van der Waals surface area contributed by atoms with Gasteiger partial charge in [-0.15, -0.1) is 0 Å². The molecule has 0 radical (unpaired) electrons. The quantitative estimate of drug-likeness (QED) is 0.543. The molecule has 0 unspecified atom stereocenters. The minimum absolute atomic E-state index is 0.255. The van der Waals surface area contributed by atoms with Crippen LogP contribution in [-0.2, 0) is 0 Å². The average molecular weight is 140 g/mol. The lowest BCUT2D eigenvalue weighted by Gasteiger charge is -2.26. The number of hydrogen-bond donors (Lipinski definition) is 0. The highest BCUT2D eigenvalue weighted by Crippen LogP contribution is 2.25. The minimum Gasteiger partial charge on any atom is -0.294 e. The maximum atomic E-state index is 4.41. The maximum Gasteiger partial charge on any atom is 0.0572 e. The van der Waals surface area contributed by atoms with Crippen molar-refractivity contribution in [2.24, 2.45) is 5.10 Å².